The van der Waals surface area contributed by atoms with Crippen LogP contribution in [0.4, 0.5) is 0 Å². The first kappa shape index (κ1) is 16.0. The Balaban J connectivity index is 2.09. The third-order valence-electron chi connectivity index (χ3n) is 3.14. The predicted octanol–water partition coefficient (Wildman–Crippen LogP) is 3.75. The van der Waals surface area contributed by atoms with E-state index >= 15 is 0 Å². The minimum atomic E-state index is -0.599. The zero-order valence-electron chi connectivity index (χ0n) is 12.0. The first-order chi connectivity index (χ1) is 10.2. The Bertz CT molecular complexity index is 571. The number of aliphatic hydroxyl groups excluding tert-OH is 1. The van der Waals surface area contributed by atoms with E-state index in [1.165, 1.54) is 0 Å². The van der Waals surface area contributed by atoms with E-state index in [1.54, 1.807) is 7.11 Å². The van der Waals surface area contributed by atoms with Gasteiger partial charge in [0, 0.05) is 23.6 Å². The standard InChI is InChI=1S/C17H19BrO3/c1-20-9-10-21-17-8-3-2-7-15(17)16(19)12-13-5-4-6-14(18)11-13/h2-8,11,16,19H,9-10,12H2,1H3. The second kappa shape index (κ2) is 8.17. The Morgan fingerprint density at radius 1 is 1.10 bits per heavy atom. The fraction of sp³-hybridized carbons (Fsp3) is 0.294. The van der Waals surface area contributed by atoms with Crippen LogP contribution in [0.15, 0.2) is 53.0 Å². The van der Waals surface area contributed by atoms with Gasteiger partial charge in [0.1, 0.15) is 12.4 Å². The molecule has 0 bridgehead atoms. The highest BCUT2D eigenvalue weighted by molar-refractivity contribution is 9.10. The number of rotatable bonds is 7. The smallest absolute Gasteiger partial charge is 0.125 e. The molecule has 0 heterocycles. The van der Waals surface area contributed by atoms with E-state index in [2.05, 4.69) is 15.9 Å². The lowest BCUT2D eigenvalue weighted by molar-refractivity contribution is 0.138. The topological polar surface area (TPSA) is 38.7 Å². The van der Waals surface area contributed by atoms with Gasteiger partial charge in [-0.25, -0.2) is 0 Å². The number of aliphatic hydroxyl groups is 1. The van der Waals surface area contributed by atoms with Crippen LogP contribution in [0.5, 0.6) is 5.75 Å². The minimum Gasteiger partial charge on any atom is -0.491 e. The van der Waals surface area contributed by atoms with Gasteiger partial charge in [0.25, 0.3) is 0 Å². The molecule has 1 atom stereocenters. The monoisotopic (exact) mass is 350 g/mol. The molecular formula is C17H19BrO3. The lowest BCUT2D eigenvalue weighted by atomic mass is 10.0. The molecule has 0 aliphatic rings. The van der Waals surface area contributed by atoms with E-state index in [0.717, 1.165) is 15.6 Å². The molecular weight excluding hydrogens is 332 g/mol. The molecule has 4 heteroatoms. The zero-order chi connectivity index (χ0) is 15.1. The number of benzene rings is 2. The molecule has 2 aromatic carbocycles. The Kier molecular flexibility index (Phi) is 6.23. The van der Waals surface area contributed by atoms with Crippen molar-refractivity contribution in [1.82, 2.24) is 0 Å². The van der Waals surface area contributed by atoms with Gasteiger partial charge in [0.15, 0.2) is 0 Å². The van der Waals surface area contributed by atoms with Crippen molar-refractivity contribution in [3.8, 4) is 5.75 Å². The van der Waals surface area contributed by atoms with E-state index in [1.807, 2.05) is 48.5 Å². The van der Waals surface area contributed by atoms with E-state index in [9.17, 15) is 5.11 Å². The van der Waals surface area contributed by atoms with Gasteiger partial charge in [0.2, 0.25) is 0 Å². The summed E-state index contributed by atoms with van der Waals surface area (Å²) in [5, 5.41) is 10.5. The van der Waals surface area contributed by atoms with Crippen LogP contribution in [0.3, 0.4) is 0 Å². The Morgan fingerprint density at radius 2 is 1.90 bits per heavy atom. The Hall–Kier alpha value is -1.36. The highest BCUT2D eigenvalue weighted by atomic mass is 79.9. The number of para-hydroxylation sites is 1. The summed E-state index contributed by atoms with van der Waals surface area (Å²) in [6.07, 6.45) is -0.0533. The number of hydrogen-bond donors (Lipinski definition) is 1. The van der Waals surface area contributed by atoms with Gasteiger partial charge in [-0.15, -0.1) is 0 Å². The van der Waals surface area contributed by atoms with Crippen LogP contribution >= 0.6 is 15.9 Å². The zero-order valence-corrected chi connectivity index (χ0v) is 13.5. The minimum absolute atomic E-state index is 0.469. The molecule has 0 saturated carbocycles. The van der Waals surface area contributed by atoms with Crippen LogP contribution in [0, 0.1) is 0 Å². The van der Waals surface area contributed by atoms with Gasteiger partial charge >= 0.3 is 0 Å². The van der Waals surface area contributed by atoms with Gasteiger partial charge < -0.3 is 14.6 Å². The predicted molar refractivity (Wildman–Crippen MR) is 86.6 cm³/mol. The third kappa shape index (κ3) is 4.84. The molecule has 21 heavy (non-hydrogen) atoms. The maximum atomic E-state index is 10.5. The summed E-state index contributed by atoms with van der Waals surface area (Å²) in [5.41, 5.74) is 1.87. The molecule has 0 aliphatic heterocycles. The summed E-state index contributed by atoms with van der Waals surface area (Å²) in [6, 6.07) is 15.5. The summed E-state index contributed by atoms with van der Waals surface area (Å²) in [6.45, 7) is 0.993. The molecule has 1 N–H and O–H groups in total. The van der Waals surface area contributed by atoms with Crippen LogP contribution in [-0.2, 0) is 11.2 Å². The van der Waals surface area contributed by atoms with Gasteiger partial charge in [-0.3, -0.25) is 0 Å². The maximum Gasteiger partial charge on any atom is 0.125 e. The van der Waals surface area contributed by atoms with Crippen molar-refractivity contribution in [2.45, 2.75) is 12.5 Å². The highest BCUT2D eigenvalue weighted by Crippen LogP contribution is 2.28. The summed E-state index contributed by atoms with van der Waals surface area (Å²) in [7, 11) is 1.64. The van der Waals surface area contributed by atoms with E-state index in [-0.39, 0.29) is 0 Å². The van der Waals surface area contributed by atoms with Crippen molar-refractivity contribution < 1.29 is 14.6 Å². The molecule has 0 fully saturated rings. The van der Waals surface area contributed by atoms with E-state index < -0.39 is 6.10 Å². The highest BCUT2D eigenvalue weighted by Gasteiger charge is 2.14. The Labute approximate surface area is 133 Å². The molecule has 0 aromatic heterocycles. The largest absolute Gasteiger partial charge is 0.491 e. The lowest BCUT2D eigenvalue weighted by Crippen LogP contribution is -2.09. The van der Waals surface area contributed by atoms with Crippen molar-refractivity contribution >= 4 is 15.9 Å². The summed E-state index contributed by atoms with van der Waals surface area (Å²) in [4.78, 5) is 0. The lowest BCUT2D eigenvalue weighted by Gasteiger charge is -2.16. The van der Waals surface area contributed by atoms with Gasteiger partial charge in [-0.1, -0.05) is 46.3 Å². The third-order valence-corrected chi connectivity index (χ3v) is 3.63. The van der Waals surface area contributed by atoms with Crippen molar-refractivity contribution in [2.75, 3.05) is 20.3 Å². The molecule has 0 spiro atoms. The average molecular weight is 351 g/mol. The van der Waals surface area contributed by atoms with Gasteiger partial charge in [0.05, 0.1) is 12.7 Å². The van der Waals surface area contributed by atoms with Crippen LogP contribution in [0.25, 0.3) is 0 Å². The first-order valence-electron chi connectivity index (χ1n) is 6.84. The maximum absolute atomic E-state index is 10.5. The van der Waals surface area contributed by atoms with Crippen molar-refractivity contribution in [3.05, 3.63) is 64.1 Å². The molecule has 2 rings (SSSR count). The van der Waals surface area contributed by atoms with Crippen LogP contribution in [-0.4, -0.2) is 25.4 Å². The number of methoxy groups -OCH3 is 1. The number of halogens is 1. The Morgan fingerprint density at radius 3 is 2.67 bits per heavy atom. The van der Waals surface area contributed by atoms with Crippen LogP contribution < -0.4 is 4.74 Å². The fourth-order valence-electron chi connectivity index (χ4n) is 2.12. The van der Waals surface area contributed by atoms with Gasteiger partial charge in [-0.2, -0.15) is 0 Å². The van der Waals surface area contributed by atoms with Crippen molar-refractivity contribution in [3.63, 3.8) is 0 Å². The number of ether oxygens (including phenoxy) is 2. The van der Waals surface area contributed by atoms with Crippen molar-refractivity contribution in [1.29, 1.82) is 0 Å². The SMILES string of the molecule is COCCOc1ccccc1C(O)Cc1cccc(Br)c1. The molecule has 0 radical (unpaired) electrons. The molecule has 0 aliphatic carbocycles. The second-order valence-corrected chi connectivity index (χ2v) is 5.64. The molecule has 2 aromatic rings. The average Bonchev–Trinajstić information content (AvgIpc) is 2.48. The van der Waals surface area contributed by atoms with Crippen molar-refractivity contribution in [2.24, 2.45) is 0 Å². The molecule has 3 nitrogen and oxygen atoms in total. The first-order valence-corrected chi connectivity index (χ1v) is 7.63. The quantitative estimate of drug-likeness (QED) is 0.773. The second-order valence-electron chi connectivity index (χ2n) is 4.73. The molecule has 0 saturated heterocycles. The summed E-state index contributed by atoms with van der Waals surface area (Å²) in [5.74, 6) is 0.706. The van der Waals surface area contributed by atoms with Crippen LogP contribution in [0.2, 0.25) is 0 Å². The summed E-state index contributed by atoms with van der Waals surface area (Å²) < 4.78 is 11.7. The molecule has 1 unspecified atom stereocenters. The van der Waals surface area contributed by atoms with E-state index in [4.69, 9.17) is 9.47 Å². The number of hydrogen-bond acceptors (Lipinski definition) is 3. The fourth-order valence-corrected chi connectivity index (χ4v) is 2.57. The normalized spacial score (nSPS) is 12.1. The summed E-state index contributed by atoms with van der Waals surface area (Å²) >= 11 is 3.44. The van der Waals surface area contributed by atoms with Crippen LogP contribution in [0.1, 0.15) is 17.2 Å². The molecule has 112 valence electrons. The van der Waals surface area contributed by atoms with E-state index in [0.29, 0.717) is 25.4 Å². The van der Waals surface area contributed by atoms with Gasteiger partial charge in [-0.05, 0) is 23.8 Å². The molecule has 0 amide bonds.